The fourth-order valence-corrected chi connectivity index (χ4v) is 7.66. The standard InChI is InChI=1S/C10H18NO3PS2/c1-4-6-16-15(12,13-5-2)17-8-10-7-9(3)11-14-10/h7H,4-6,8H2,1-3H3. The van der Waals surface area contributed by atoms with Gasteiger partial charge in [-0.15, -0.1) is 0 Å². The lowest BCUT2D eigenvalue weighted by molar-refractivity contribution is 0.357. The van der Waals surface area contributed by atoms with Gasteiger partial charge in [-0.25, -0.2) is 0 Å². The van der Waals surface area contributed by atoms with Crippen LogP contribution in [0.3, 0.4) is 0 Å². The summed E-state index contributed by atoms with van der Waals surface area (Å²) in [6.07, 6.45) is 0.990. The third kappa shape index (κ3) is 5.51. The summed E-state index contributed by atoms with van der Waals surface area (Å²) in [4.78, 5) is 0. The molecule has 0 amide bonds. The molecule has 0 saturated heterocycles. The first-order chi connectivity index (χ1) is 8.09. The van der Waals surface area contributed by atoms with Crippen LogP contribution in [0.15, 0.2) is 10.6 Å². The molecule has 1 atom stereocenters. The molecular weight excluding hydrogens is 277 g/mol. The van der Waals surface area contributed by atoms with Gasteiger partial charge in [-0.3, -0.25) is 4.57 Å². The molecule has 0 aliphatic rings. The average Bonchev–Trinajstić information content (AvgIpc) is 2.71. The first-order valence-corrected chi connectivity index (χ1v) is 10.4. The van der Waals surface area contributed by atoms with E-state index in [1.54, 1.807) is 0 Å². The number of nitrogens with zero attached hydrogens (tertiary/aromatic N) is 1. The first kappa shape index (κ1) is 15.2. The molecule has 98 valence electrons. The van der Waals surface area contributed by atoms with Gasteiger partial charge in [0.2, 0.25) is 0 Å². The zero-order chi connectivity index (χ0) is 12.7. The van der Waals surface area contributed by atoms with Crippen LogP contribution < -0.4 is 0 Å². The second-order valence-electron chi connectivity index (χ2n) is 3.41. The minimum Gasteiger partial charge on any atom is -0.360 e. The summed E-state index contributed by atoms with van der Waals surface area (Å²) >= 11 is 2.73. The summed E-state index contributed by atoms with van der Waals surface area (Å²) in [5.41, 5.74) is 0.841. The van der Waals surface area contributed by atoms with Gasteiger partial charge in [0.1, 0.15) is 5.76 Å². The molecule has 0 aliphatic carbocycles. The predicted octanol–water partition coefficient (Wildman–Crippen LogP) is 4.50. The van der Waals surface area contributed by atoms with Gasteiger partial charge in [-0.2, -0.15) is 0 Å². The Labute approximate surface area is 110 Å². The highest BCUT2D eigenvalue weighted by atomic mass is 33.1. The quantitative estimate of drug-likeness (QED) is 0.658. The molecule has 1 heterocycles. The summed E-state index contributed by atoms with van der Waals surface area (Å²) in [5, 5.41) is 3.80. The van der Waals surface area contributed by atoms with Crippen molar-refractivity contribution in [2.45, 2.75) is 32.9 Å². The first-order valence-electron chi connectivity index (χ1n) is 5.55. The second-order valence-corrected chi connectivity index (χ2v) is 10.9. The van der Waals surface area contributed by atoms with Crippen LogP contribution in [-0.2, 0) is 14.8 Å². The molecule has 0 radical (unpaired) electrons. The van der Waals surface area contributed by atoms with Gasteiger partial charge < -0.3 is 9.05 Å². The van der Waals surface area contributed by atoms with Gasteiger partial charge in [0.05, 0.1) is 18.1 Å². The normalized spacial score (nSPS) is 14.8. The van der Waals surface area contributed by atoms with Crippen molar-refractivity contribution in [2.24, 2.45) is 0 Å². The number of aryl methyl sites for hydroxylation is 1. The Balaban J connectivity index is 2.51. The number of hydrogen-bond donors (Lipinski definition) is 0. The van der Waals surface area contributed by atoms with Crippen molar-refractivity contribution in [2.75, 3.05) is 12.4 Å². The summed E-state index contributed by atoms with van der Waals surface area (Å²) in [5.74, 6) is -0.523. The van der Waals surface area contributed by atoms with Crippen LogP contribution in [0, 0.1) is 6.92 Å². The van der Waals surface area contributed by atoms with Gasteiger partial charge in [0, 0.05) is 11.8 Å². The fraction of sp³-hybridized carbons (Fsp3) is 0.700. The third-order valence-electron chi connectivity index (χ3n) is 1.78. The summed E-state index contributed by atoms with van der Waals surface area (Å²) in [6, 6.07) is 1.85. The van der Waals surface area contributed by atoms with Gasteiger partial charge in [0.15, 0.2) is 0 Å². The molecule has 0 spiro atoms. The van der Waals surface area contributed by atoms with Crippen LogP contribution >= 0.6 is 28.5 Å². The lowest BCUT2D eigenvalue weighted by Gasteiger charge is -2.14. The van der Waals surface area contributed by atoms with Crippen LogP contribution in [0.4, 0.5) is 0 Å². The molecule has 17 heavy (non-hydrogen) atoms. The molecular formula is C10H18NO3PS2. The SMILES string of the molecule is CCCSP(=O)(OCC)SCc1cc(C)no1. The highest BCUT2D eigenvalue weighted by molar-refractivity contribution is 8.89. The molecule has 0 fully saturated rings. The molecule has 7 heteroatoms. The monoisotopic (exact) mass is 295 g/mol. The van der Waals surface area contributed by atoms with Crippen molar-refractivity contribution in [1.82, 2.24) is 5.16 Å². The molecule has 1 unspecified atom stereocenters. The topological polar surface area (TPSA) is 52.3 Å². The van der Waals surface area contributed by atoms with E-state index in [1.807, 2.05) is 19.9 Å². The number of rotatable bonds is 8. The van der Waals surface area contributed by atoms with Crippen molar-refractivity contribution < 1.29 is 13.6 Å². The largest absolute Gasteiger partial charge is 0.360 e. The third-order valence-corrected chi connectivity index (χ3v) is 9.36. The van der Waals surface area contributed by atoms with Crippen LogP contribution in [0.2, 0.25) is 0 Å². The number of aromatic nitrogens is 1. The Hall–Kier alpha value is 0.100. The van der Waals surface area contributed by atoms with Gasteiger partial charge >= 0.3 is 5.77 Å². The molecule has 1 aromatic heterocycles. The molecule has 0 saturated carbocycles. The molecule has 1 rings (SSSR count). The lowest BCUT2D eigenvalue weighted by Crippen LogP contribution is -1.86. The van der Waals surface area contributed by atoms with E-state index < -0.39 is 5.77 Å². The van der Waals surface area contributed by atoms with E-state index in [9.17, 15) is 4.57 Å². The van der Waals surface area contributed by atoms with Crippen LogP contribution in [0.1, 0.15) is 31.7 Å². The van der Waals surface area contributed by atoms with Crippen molar-refractivity contribution in [1.29, 1.82) is 0 Å². The second kappa shape index (κ2) is 7.52. The van der Waals surface area contributed by atoms with Crippen molar-refractivity contribution in [3.05, 3.63) is 17.5 Å². The zero-order valence-electron chi connectivity index (χ0n) is 10.3. The van der Waals surface area contributed by atoms with Crippen molar-refractivity contribution in [3.63, 3.8) is 0 Å². The van der Waals surface area contributed by atoms with Crippen molar-refractivity contribution in [3.8, 4) is 0 Å². The van der Waals surface area contributed by atoms with Gasteiger partial charge in [-0.05, 0) is 20.3 Å². The van der Waals surface area contributed by atoms with E-state index in [4.69, 9.17) is 9.05 Å². The highest BCUT2D eigenvalue weighted by Crippen LogP contribution is 2.70. The maximum Gasteiger partial charge on any atom is 0.313 e. The summed E-state index contributed by atoms with van der Waals surface area (Å²) < 4.78 is 22.9. The molecule has 0 aromatic carbocycles. The summed E-state index contributed by atoms with van der Waals surface area (Å²) in [7, 11) is 0. The predicted molar refractivity (Wildman–Crippen MR) is 74.5 cm³/mol. The smallest absolute Gasteiger partial charge is 0.313 e. The Morgan fingerprint density at radius 2 is 2.24 bits per heavy atom. The minimum absolute atomic E-state index is 0.469. The van der Waals surface area contributed by atoms with Crippen molar-refractivity contribution >= 4 is 28.5 Å². The van der Waals surface area contributed by atoms with E-state index in [1.165, 1.54) is 22.8 Å². The molecule has 0 aliphatic heterocycles. The van der Waals surface area contributed by atoms with Crippen LogP contribution in [0.25, 0.3) is 0 Å². The van der Waals surface area contributed by atoms with Crippen LogP contribution in [0.5, 0.6) is 0 Å². The molecule has 1 aromatic rings. The minimum atomic E-state index is -2.65. The van der Waals surface area contributed by atoms with E-state index >= 15 is 0 Å². The maximum atomic E-state index is 12.4. The molecule has 4 nitrogen and oxygen atoms in total. The Morgan fingerprint density at radius 3 is 2.76 bits per heavy atom. The zero-order valence-corrected chi connectivity index (χ0v) is 12.9. The Morgan fingerprint density at radius 1 is 1.47 bits per heavy atom. The van der Waals surface area contributed by atoms with E-state index in [0.29, 0.717) is 12.4 Å². The maximum absolute atomic E-state index is 12.4. The Bertz CT molecular complexity index is 383. The molecule has 0 N–H and O–H groups in total. The van der Waals surface area contributed by atoms with Crippen LogP contribution in [-0.4, -0.2) is 17.5 Å². The van der Waals surface area contributed by atoms with Gasteiger partial charge in [0.25, 0.3) is 0 Å². The number of hydrogen-bond acceptors (Lipinski definition) is 6. The lowest BCUT2D eigenvalue weighted by atomic mass is 10.4. The Kier molecular flexibility index (Phi) is 6.70. The van der Waals surface area contributed by atoms with E-state index in [-0.39, 0.29) is 0 Å². The van der Waals surface area contributed by atoms with E-state index in [2.05, 4.69) is 12.1 Å². The fourth-order valence-electron chi connectivity index (χ4n) is 1.10. The average molecular weight is 295 g/mol. The van der Waals surface area contributed by atoms with Gasteiger partial charge in [-0.1, -0.05) is 34.8 Å². The molecule has 0 bridgehead atoms. The van der Waals surface area contributed by atoms with E-state index in [0.717, 1.165) is 23.6 Å². The highest BCUT2D eigenvalue weighted by Gasteiger charge is 2.24. The summed E-state index contributed by atoms with van der Waals surface area (Å²) in [6.45, 7) is 6.26.